The van der Waals surface area contributed by atoms with Crippen molar-refractivity contribution in [3.63, 3.8) is 0 Å². The van der Waals surface area contributed by atoms with Crippen LogP contribution >= 0.6 is 0 Å². The van der Waals surface area contributed by atoms with Crippen LogP contribution in [0.25, 0.3) is 0 Å². The average Bonchev–Trinajstić information content (AvgIpc) is 1.59. The van der Waals surface area contributed by atoms with Crippen LogP contribution in [-0.2, 0) is 80.0 Å². The number of nitrogens with two attached hydrogens (primary N) is 1. The molecule has 11 rings (SSSR count). The molecule has 3 aromatic rings. The molecule has 16 nitrogen and oxygen atoms in total. The molecule has 8 heterocycles. The summed E-state index contributed by atoms with van der Waals surface area (Å²) < 4.78 is 213. The van der Waals surface area contributed by atoms with Gasteiger partial charge >= 0.3 is 0 Å². The van der Waals surface area contributed by atoms with Gasteiger partial charge in [-0.05, 0) is 202 Å². The Morgan fingerprint density at radius 3 is 1.11 bits per heavy atom. The van der Waals surface area contributed by atoms with Crippen LogP contribution in [0.15, 0.2) is 36.4 Å². The van der Waals surface area contributed by atoms with Crippen molar-refractivity contribution in [2.24, 2.45) is 35.3 Å². The predicted molar refractivity (Wildman–Crippen MR) is 348 cm³/mol. The van der Waals surface area contributed by atoms with Crippen LogP contribution in [0, 0.1) is 81.9 Å². The van der Waals surface area contributed by atoms with Crippen LogP contribution in [0.4, 0.5) is 39.5 Å². The highest BCUT2D eigenvalue weighted by molar-refractivity contribution is 7.90. The Balaban J connectivity index is 0.000000172. The lowest BCUT2D eigenvalue weighted by atomic mass is 9.78. The molecule has 6 bridgehead atoms. The number of sulfonamides is 2. The van der Waals surface area contributed by atoms with Gasteiger partial charge in [0.05, 0.1) is 26.4 Å². The van der Waals surface area contributed by atoms with Crippen molar-refractivity contribution in [2.75, 3.05) is 75.6 Å². The number of fused-ring (bicyclic) bond motifs is 6. The van der Waals surface area contributed by atoms with E-state index in [0.29, 0.717) is 100 Å². The summed E-state index contributed by atoms with van der Waals surface area (Å²) in [7, 11) is -9.79. The summed E-state index contributed by atoms with van der Waals surface area (Å²) in [6.45, 7) is 13.6. The number of carbonyl (C=O) groups is 2. The highest BCUT2D eigenvalue weighted by Gasteiger charge is 2.49. The minimum atomic E-state index is -3.75. The van der Waals surface area contributed by atoms with Crippen molar-refractivity contribution in [1.82, 2.24) is 23.7 Å². The van der Waals surface area contributed by atoms with Crippen molar-refractivity contribution in [2.45, 2.75) is 190 Å². The van der Waals surface area contributed by atoms with Gasteiger partial charge < -0.3 is 30.3 Å². The number of morpholine rings is 2. The molecule has 8 fully saturated rings. The normalized spacial score (nSPS) is 27.2. The highest BCUT2D eigenvalue weighted by atomic mass is 32.2. The lowest BCUT2D eigenvalue weighted by Crippen LogP contribution is -2.53. The third-order valence-corrected chi connectivity index (χ3v) is 28.4. The van der Waals surface area contributed by atoms with Crippen LogP contribution in [0.2, 0.25) is 0 Å². The Labute approximate surface area is 564 Å². The van der Waals surface area contributed by atoms with Crippen molar-refractivity contribution in [3.8, 4) is 0 Å². The van der Waals surface area contributed by atoms with E-state index in [0.717, 1.165) is 69.6 Å². The van der Waals surface area contributed by atoms with E-state index in [1.807, 2.05) is 41.5 Å². The van der Waals surface area contributed by atoms with Gasteiger partial charge in [-0.3, -0.25) is 18.0 Å². The minimum absolute atomic E-state index is 0.000352. The standard InChI is InChI=1S/C26H37F3N2O5S2.C21H28F3N3O4S.C20H28F3NOS/c1-26(2,3)37(33)15-19(10-18-13-23(28)24(29)14-22(18)27)17-11-20-4-5-21(12-17)31(20)25(32)16-38(34,35)30-6-8-36-9-7-30;22-17-11-19(24)18(23)9-13(17)10-20(25)14-7-15-1-2-16(8-14)27(15)21(28)12-32(29,30)26-3-5-31-6-4-26;1-20(2,3)26(25)11-14(12-7-15-4-5-16(8-12)24-15)6-13-9-18(22)19(23)10-17(13)21/h13-14,17,19-21H,4-12,15-16H2,1-3H3;9,11,14-16,20H,1-8,10,12,25H2;9-10,12,14-16,24H,4-8,11H2,1-3H3/t17?,19-,20-,21+,37+;14?,15-,16+,20-;12?,14-,15-,16+,26+/m010/s1. The van der Waals surface area contributed by atoms with Gasteiger partial charge in [-0.1, -0.05) is 0 Å². The molecule has 2 amide bonds. The van der Waals surface area contributed by atoms with E-state index in [1.165, 1.54) is 8.61 Å². The van der Waals surface area contributed by atoms with E-state index in [2.05, 4.69) is 5.32 Å². The summed E-state index contributed by atoms with van der Waals surface area (Å²) in [6, 6.07) is 4.28. The van der Waals surface area contributed by atoms with E-state index >= 15 is 0 Å². The summed E-state index contributed by atoms with van der Waals surface area (Å²) in [5.74, 6) is -10.5. The molecule has 3 unspecified atom stereocenters. The van der Waals surface area contributed by atoms with Gasteiger partial charge in [-0.25, -0.2) is 56.3 Å². The number of rotatable bonds is 19. The van der Waals surface area contributed by atoms with Crippen molar-refractivity contribution in [1.29, 1.82) is 0 Å². The first-order chi connectivity index (χ1) is 45.0. The molecule has 0 aromatic heterocycles. The number of hydrogen-bond donors (Lipinski definition) is 2. The fourth-order valence-electron chi connectivity index (χ4n) is 15.5. The quantitative estimate of drug-likeness (QED) is 0.0852. The molecule has 0 radical (unpaired) electrons. The highest BCUT2D eigenvalue weighted by Crippen LogP contribution is 2.45. The molecule has 0 spiro atoms. The molecular weight excluding hydrogens is 1350 g/mol. The number of amides is 2. The molecule has 3 N–H and O–H groups in total. The third kappa shape index (κ3) is 19.1. The van der Waals surface area contributed by atoms with Gasteiger partial charge in [-0.2, -0.15) is 8.61 Å². The fourth-order valence-corrected chi connectivity index (χ4v) is 20.8. The fraction of sp³-hybridized carbons (Fsp3) is 0.701. The van der Waals surface area contributed by atoms with Crippen LogP contribution in [0.1, 0.15) is 135 Å². The van der Waals surface area contributed by atoms with Crippen molar-refractivity contribution in [3.05, 3.63) is 105 Å². The average molecular weight is 1440 g/mol. The van der Waals surface area contributed by atoms with Crippen molar-refractivity contribution < 1.29 is 83.8 Å². The maximum Gasteiger partial charge on any atom is 0.239 e. The lowest BCUT2D eigenvalue weighted by Gasteiger charge is -2.42. The number of carbonyl (C=O) groups excluding carboxylic acids is 2. The van der Waals surface area contributed by atoms with Gasteiger partial charge in [0.1, 0.15) is 29.0 Å². The third-order valence-electron chi connectivity index (χ3n) is 20.7. The second kappa shape index (κ2) is 31.9. The van der Waals surface area contributed by atoms with Gasteiger partial charge in [-0.15, -0.1) is 0 Å². The van der Waals surface area contributed by atoms with E-state index in [9.17, 15) is 74.4 Å². The number of nitrogens with one attached hydrogen (secondary N) is 1. The Morgan fingerprint density at radius 2 is 0.781 bits per heavy atom. The van der Waals surface area contributed by atoms with Gasteiger partial charge in [0, 0.05) is 129 Å². The molecule has 0 aliphatic carbocycles. The van der Waals surface area contributed by atoms with E-state index in [-0.39, 0.29) is 114 Å². The van der Waals surface area contributed by atoms with E-state index < -0.39 is 128 Å². The summed E-state index contributed by atoms with van der Waals surface area (Å²) in [5, 5.41) is 3.59. The number of piperidine rings is 3. The number of hydrogen-bond acceptors (Lipinski definition) is 12. The van der Waals surface area contributed by atoms with Crippen molar-refractivity contribution >= 4 is 53.5 Å². The van der Waals surface area contributed by atoms with Crippen LogP contribution in [0.5, 0.6) is 0 Å². The maximum atomic E-state index is 14.6. The first-order valence-corrected chi connectivity index (χ1v) is 39.3. The Morgan fingerprint density at radius 1 is 0.479 bits per heavy atom. The molecule has 8 aliphatic rings. The first-order valence-electron chi connectivity index (χ1n) is 33.5. The molecule has 538 valence electrons. The van der Waals surface area contributed by atoms with Crippen LogP contribution in [0.3, 0.4) is 0 Å². The molecule has 29 heteroatoms. The number of halogens is 9. The molecule has 96 heavy (non-hydrogen) atoms. The second-order valence-electron chi connectivity index (χ2n) is 29.4. The smallest absolute Gasteiger partial charge is 0.239 e. The van der Waals surface area contributed by atoms with Gasteiger partial charge in [0.15, 0.2) is 34.9 Å². The number of benzene rings is 3. The number of nitrogens with zero attached hydrogens (tertiary/aromatic N) is 4. The zero-order valence-electron chi connectivity index (χ0n) is 55.5. The van der Waals surface area contributed by atoms with Gasteiger partial charge in [0.25, 0.3) is 0 Å². The van der Waals surface area contributed by atoms with Crippen LogP contribution in [-0.4, -0.2) is 183 Å². The zero-order chi connectivity index (χ0) is 69.9. The molecule has 14 atom stereocenters. The zero-order valence-corrected chi connectivity index (χ0v) is 58.7. The topological polar surface area (TPSA) is 206 Å². The Kier molecular flexibility index (Phi) is 25.3. The Bertz CT molecular complexity index is 3500. The minimum Gasteiger partial charge on any atom is -0.379 e. The lowest BCUT2D eigenvalue weighted by molar-refractivity contribution is -0.134. The molecule has 8 saturated heterocycles. The Hall–Kier alpha value is -4.07. The summed E-state index contributed by atoms with van der Waals surface area (Å²) in [6.07, 6.45) is 10.0. The van der Waals surface area contributed by atoms with Gasteiger partial charge in [0.2, 0.25) is 31.9 Å². The predicted octanol–water partition coefficient (Wildman–Crippen LogP) is 8.99. The van der Waals surface area contributed by atoms with Crippen LogP contribution < -0.4 is 11.1 Å². The summed E-state index contributed by atoms with van der Waals surface area (Å²) in [4.78, 5) is 29.6. The molecule has 8 aliphatic heterocycles. The number of ether oxygens (including phenoxy) is 2. The monoisotopic (exact) mass is 1440 g/mol. The maximum absolute atomic E-state index is 14.6. The van der Waals surface area contributed by atoms with E-state index in [4.69, 9.17) is 15.2 Å². The first kappa shape index (κ1) is 76.1. The molecule has 3 aromatic carbocycles. The SMILES string of the molecule is CC(C)(C)[S@](=O)C[C@H](Cc1cc(F)c(F)cc1F)C1C[C@H]2CC[C@@H](C1)N2.CC(C)(C)[S@](=O)C[C@H](Cc1cc(F)c(F)cc1F)C1C[C@H]2CC[C@@H](C1)N2C(=O)CS(=O)(=O)N1CCOCC1.N[C@H](Cc1cc(F)c(F)cc1F)C1C[C@H]2CC[C@@H](C1)N2C(=O)CS(=O)(=O)N1CCOCC1. The largest absolute Gasteiger partial charge is 0.379 e. The summed E-state index contributed by atoms with van der Waals surface area (Å²) >= 11 is 0. The van der Waals surface area contributed by atoms with E-state index in [1.54, 1.807) is 9.80 Å². The summed E-state index contributed by atoms with van der Waals surface area (Å²) in [5.41, 5.74) is 6.57. The second-order valence-corrected chi connectivity index (χ2v) is 37.8. The molecule has 0 saturated carbocycles. The molecular formula is C67H93F9N6O10S4.